The molecule has 1 aromatic heterocycles. The molecular weight excluding hydrogens is 507 g/mol. The van der Waals surface area contributed by atoms with Gasteiger partial charge in [0.05, 0.1) is 0 Å². The number of unbranched alkanes of at least 4 members (excludes halogenated alkanes) is 3. The predicted octanol–water partition coefficient (Wildman–Crippen LogP) is 5.31. The maximum Gasteiger partial charge on any atom is 0.193 e. The fourth-order valence-electron chi connectivity index (χ4n) is 3.96. The Morgan fingerprint density at radius 1 is 1.27 bits per heavy atom. The van der Waals surface area contributed by atoms with Crippen LogP contribution in [-0.4, -0.2) is 58.6 Å². The van der Waals surface area contributed by atoms with Gasteiger partial charge < -0.3 is 14.8 Å². The SMILES string of the molecule is C=CCCCCCN(C)C(=NCCCc1nnc(SC)n1C1CCCC1)NCC.I. The summed E-state index contributed by atoms with van der Waals surface area (Å²) in [6, 6.07) is 0.593. The fourth-order valence-corrected chi connectivity index (χ4v) is 4.53. The van der Waals surface area contributed by atoms with Gasteiger partial charge in [-0.2, -0.15) is 0 Å². The number of rotatable bonds is 13. The van der Waals surface area contributed by atoms with Gasteiger partial charge in [-0.05, 0) is 51.7 Å². The minimum absolute atomic E-state index is 0. The first kappa shape index (κ1) is 27.3. The third kappa shape index (κ3) is 8.77. The summed E-state index contributed by atoms with van der Waals surface area (Å²) in [6.07, 6.45) is 16.0. The average Bonchev–Trinajstić information content (AvgIpc) is 3.39. The van der Waals surface area contributed by atoms with Gasteiger partial charge in [-0.25, -0.2) is 0 Å². The van der Waals surface area contributed by atoms with Gasteiger partial charge in [0, 0.05) is 39.1 Å². The maximum absolute atomic E-state index is 4.85. The number of aliphatic imine (C=N–C) groups is 1. The van der Waals surface area contributed by atoms with Gasteiger partial charge in [-0.15, -0.1) is 40.8 Å². The molecule has 0 atom stereocenters. The Morgan fingerprint density at radius 3 is 2.70 bits per heavy atom. The van der Waals surface area contributed by atoms with Crippen LogP contribution < -0.4 is 5.32 Å². The normalized spacial score (nSPS) is 14.6. The Hall–Kier alpha value is -0.770. The molecule has 0 bridgehead atoms. The number of aromatic nitrogens is 3. The number of halogens is 1. The first-order chi connectivity index (χ1) is 14.2. The van der Waals surface area contributed by atoms with Crippen LogP contribution in [-0.2, 0) is 6.42 Å². The van der Waals surface area contributed by atoms with Gasteiger partial charge in [0.1, 0.15) is 5.82 Å². The standard InChI is InChI=1S/C22H40N6S.HI/c1-5-7-8-9-12-18-27(3)21(23-6-2)24-17-13-16-20-25-26-22(29-4)28(20)19-14-10-11-15-19;/h5,19H,1,6-18H2,2-4H3,(H,23,24);1H. The summed E-state index contributed by atoms with van der Waals surface area (Å²) in [5, 5.41) is 13.4. The quantitative estimate of drug-likeness (QED) is 0.0905. The van der Waals surface area contributed by atoms with Crippen LogP contribution in [0.15, 0.2) is 22.8 Å². The lowest BCUT2D eigenvalue weighted by molar-refractivity contribution is 0.453. The van der Waals surface area contributed by atoms with Crippen molar-refractivity contribution in [3.8, 4) is 0 Å². The van der Waals surface area contributed by atoms with Gasteiger partial charge in [0.15, 0.2) is 11.1 Å². The van der Waals surface area contributed by atoms with Crippen LogP contribution in [0.4, 0.5) is 0 Å². The zero-order valence-corrected chi connectivity index (χ0v) is 22.3. The topological polar surface area (TPSA) is 58.3 Å². The second-order valence-corrected chi connectivity index (χ2v) is 8.58. The van der Waals surface area contributed by atoms with Crippen molar-refractivity contribution in [2.75, 3.05) is 32.9 Å². The number of nitrogens with one attached hydrogen (secondary N) is 1. The van der Waals surface area contributed by atoms with Crippen molar-refractivity contribution in [3.05, 3.63) is 18.5 Å². The summed E-state index contributed by atoms with van der Waals surface area (Å²) in [4.78, 5) is 7.10. The zero-order valence-electron chi connectivity index (χ0n) is 19.1. The van der Waals surface area contributed by atoms with Crippen molar-refractivity contribution < 1.29 is 0 Å². The van der Waals surface area contributed by atoms with Crippen LogP contribution in [0, 0.1) is 0 Å². The van der Waals surface area contributed by atoms with E-state index in [1.165, 1.54) is 44.9 Å². The number of hydrogen-bond donors (Lipinski definition) is 1. The summed E-state index contributed by atoms with van der Waals surface area (Å²) < 4.78 is 2.40. The molecule has 1 fully saturated rings. The van der Waals surface area contributed by atoms with Crippen molar-refractivity contribution in [1.82, 2.24) is 25.0 Å². The van der Waals surface area contributed by atoms with Crippen LogP contribution in [0.3, 0.4) is 0 Å². The predicted molar refractivity (Wildman–Crippen MR) is 140 cm³/mol. The third-order valence-corrected chi connectivity index (χ3v) is 6.17. The molecule has 0 aromatic carbocycles. The monoisotopic (exact) mass is 548 g/mol. The van der Waals surface area contributed by atoms with Gasteiger partial charge >= 0.3 is 0 Å². The molecule has 0 spiro atoms. The third-order valence-electron chi connectivity index (χ3n) is 5.53. The molecular formula is C22H41IN6S. The van der Waals surface area contributed by atoms with E-state index in [2.05, 4.69) is 51.8 Å². The second-order valence-electron chi connectivity index (χ2n) is 7.81. The van der Waals surface area contributed by atoms with Crippen molar-refractivity contribution in [2.45, 2.75) is 82.3 Å². The Bertz CT molecular complexity index is 627. The smallest absolute Gasteiger partial charge is 0.193 e. The van der Waals surface area contributed by atoms with Crippen LogP contribution in [0.2, 0.25) is 0 Å². The zero-order chi connectivity index (χ0) is 20.9. The number of nitrogens with zero attached hydrogens (tertiary/aromatic N) is 5. The highest BCUT2D eigenvalue weighted by Gasteiger charge is 2.23. The highest BCUT2D eigenvalue weighted by atomic mass is 127. The molecule has 1 saturated carbocycles. The van der Waals surface area contributed by atoms with Crippen LogP contribution in [0.1, 0.15) is 76.6 Å². The molecule has 0 unspecified atom stereocenters. The van der Waals surface area contributed by atoms with Crippen LogP contribution in [0.25, 0.3) is 0 Å². The molecule has 1 N–H and O–H groups in total. The molecule has 30 heavy (non-hydrogen) atoms. The Morgan fingerprint density at radius 2 is 2.03 bits per heavy atom. The first-order valence-corrected chi connectivity index (χ1v) is 12.5. The largest absolute Gasteiger partial charge is 0.357 e. The molecule has 0 amide bonds. The Balaban J connectivity index is 0.00000450. The summed E-state index contributed by atoms with van der Waals surface area (Å²) in [5.41, 5.74) is 0. The van der Waals surface area contributed by atoms with E-state index in [9.17, 15) is 0 Å². The number of hydrogen-bond acceptors (Lipinski definition) is 4. The van der Waals surface area contributed by atoms with Crippen LogP contribution >= 0.6 is 35.7 Å². The van der Waals surface area contributed by atoms with E-state index in [0.29, 0.717) is 6.04 Å². The van der Waals surface area contributed by atoms with Crippen molar-refractivity contribution in [2.24, 2.45) is 4.99 Å². The second kappa shape index (κ2) is 15.9. The number of guanidine groups is 1. The molecule has 0 radical (unpaired) electrons. The minimum Gasteiger partial charge on any atom is -0.357 e. The lowest BCUT2D eigenvalue weighted by atomic mass is 10.2. The van der Waals surface area contributed by atoms with E-state index in [-0.39, 0.29) is 24.0 Å². The van der Waals surface area contributed by atoms with E-state index in [4.69, 9.17) is 4.99 Å². The molecule has 8 heteroatoms. The highest BCUT2D eigenvalue weighted by molar-refractivity contribution is 14.0. The lowest BCUT2D eigenvalue weighted by Crippen LogP contribution is -2.39. The van der Waals surface area contributed by atoms with Crippen molar-refractivity contribution in [1.29, 1.82) is 0 Å². The van der Waals surface area contributed by atoms with E-state index in [0.717, 1.165) is 55.8 Å². The van der Waals surface area contributed by atoms with E-state index < -0.39 is 0 Å². The van der Waals surface area contributed by atoms with E-state index >= 15 is 0 Å². The minimum atomic E-state index is 0. The molecule has 172 valence electrons. The van der Waals surface area contributed by atoms with Crippen molar-refractivity contribution in [3.63, 3.8) is 0 Å². The molecule has 6 nitrogen and oxygen atoms in total. The molecule has 0 saturated heterocycles. The molecule has 2 rings (SSSR count). The van der Waals surface area contributed by atoms with Crippen molar-refractivity contribution >= 4 is 41.7 Å². The number of allylic oxidation sites excluding steroid dienone is 1. The molecule has 0 aliphatic heterocycles. The number of thioether (sulfide) groups is 1. The fraction of sp³-hybridized carbons (Fsp3) is 0.773. The molecule has 1 aliphatic rings. The summed E-state index contributed by atoms with van der Waals surface area (Å²) in [6.45, 7) is 8.67. The van der Waals surface area contributed by atoms with Crippen LogP contribution in [0.5, 0.6) is 0 Å². The molecule has 1 aliphatic carbocycles. The van der Waals surface area contributed by atoms with Gasteiger partial charge in [-0.3, -0.25) is 4.99 Å². The maximum atomic E-state index is 4.85. The van der Waals surface area contributed by atoms with E-state index in [1.54, 1.807) is 11.8 Å². The summed E-state index contributed by atoms with van der Waals surface area (Å²) in [7, 11) is 2.14. The number of aryl methyl sites for hydroxylation is 1. The first-order valence-electron chi connectivity index (χ1n) is 11.3. The highest BCUT2D eigenvalue weighted by Crippen LogP contribution is 2.33. The lowest BCUT2D eigenvalue weighted by Gasteiger charge is -2.22. The van der Waals surface area contributed by atoms with E-state index in [1.807, 2.05) is 6.08 Å². The Labute approximate surface area is 204 Å². The van der Waals surface area contributed by atoms with Gasteiger partial charge in [-0.1, -0.05) is 37.1 Å². The summed E-state index contributed by atoms with van der Waals surface area (Å²) in [5.74, 6) is 2.15. The summed E-state index contributed by atoms with van der Waals surface area (Å²) >= 11 is 1.71. The van der Waals surface area contributed by atoms with Gasteiger partial charge in [0.25, 0.3) is 0 Å². The average molecular weight is 549 g/mol. The molecule has 1 aromatic rings. The Kier molecular flexibility index (Phi) is 14.5. The molecule has 1 heterocycles. The van der Waals surface area contributed by atoms with Gasteiger partial charge in [0.2, 0.25) is 0 Å².